The van der Waals surface area contributed by atoms with Gasteiger partial charge in [0, 0.05) is 5.56 Å². The number of hydrogen-bond donors (Lipinski definition) is 0. The van der Waals surface area contributed by atoms with Gasteiger partial charge in [0.25, 0.3) is 0 Å². The molecule has 2 aromatic rings. The Morgan fingerprint density at radius 1 is 1.21 bits per heavy atom. The highest BCUT2D eigenvalue weighted by molar-refractivity contribution is 7.15. The Morgan fingerprint density at radius 2 is 1.84 bits per heavy atom. The highest BCUT2D eigenvalue weighted by Crippen LogP contribution is 2.30. The van der Waals surface area contributed by atoms with E-state index in [4.69, 9.17) is 5.26 Å². The molecule has 19 heavy (non-hydrogen) atoms. The minimum atomic E-state index is 0.161. The summed E-state index contributed by atoms with van der Waals surface area (Å²) < 4.78 is 0. The third-order valence-electron chi connectivity index (χ3n) is 3.13. The zero-order chi connectivity index (χ0) is 14.0. The van der Waals surface area contributed by atoms with Crippen LogP contribution in [0.1, 0.15) is 43.8 Å². The van der Waals surface area contributed by atoms with E-state index in [1.807, 2.05) is 6.92 Å². The molecule has 0 aliphatic carbocycles. The van der Waals surface area contributed by atoms with E-state index >= 15 is 0 Å². The quantitative estimate of drug-likeness (QED) is 0.803. The van der Waals surface area contributed by atoms with Crippen LogP contribution in [0, 0.1) is 11.3 Å². The number of aryl methyl sites for hydroxylation is 1. The van der Waals surface area contributed by atoms with E-state index in [9.17, 15) is 0 Å². The molecule has 0 bridgehead atoms. The van der Waals surface area contributed by atoms with Crippen LogP contribution in [0.5, 0.6) is 0 Å². The Hall–Kier alpha value is -1.66. The van der Waals surface area contributed by atoms with Gasteiger partial charge in [-0.3, -0.25) is 0 Å². The van der Waals surface area contributed by atoms with Gasteiger partial charge < -0.3 is 0 Å². The number of rotatable bonds is 2. The van der Waals surface area contributed by atoms with Crippen LogP contribution in [-0.2, 0) is 11.8 Å². The van der Waals surface area contributed by atoms with Crippen molar-refractivity contribution >= 4 is 11.3 Å². The summed E-state index contributed by atoms with van der Waals surface area (Å²) in [6.45, 7) is 8.64. The van der Waals surface area contributed by atoms with E-state index in [1.54, 1.807) is 0 Å². The molecule has 1 heterocycles. The van der Waals surface area contributed by atoms with Crippen molar-refractivity contribution in [2.45, 2.75) is 39.5 Å². The van der Waals surface area contributed by atoms with Crippen LogP contribution in [0.4, 0.5) is 0 Å². The SMILES string of the molecule is CCc1nc(-c2ccc(C(C)(C)C)cc2)sc1C#N. The Labute approximate surface area is 118 Å². The Kier molecular flexibility index (Phi) is 3.73. The molecule has 0 saturated carbocycles. The van der Waals surface area contributed by atoms with Crippen LogP contribution in [0.15, 0.2) is 24.3 Å². The second kappa shape index (κ2) is 5.14. The fourth-order valence-electron chi connectivity index (χ4n) is 1.91. The molecule has 0 amide bonds. The maximum absolute atomic E-state index is 9.08. The molecule has 0 fully saturated rings. The van der Waals surface area contributed by atoms with Crippen LogP contribution in [0.25, 0.3) is 10.6 Å². The first-order chi connectivity index (χ1) is 8.95. The predicted molar refractivity (Wildman–Crippen MR) is 80.3 cm³/mol. The summed E-state index contributed by atoms with van der Waals surface area (Å²) in [6.07, 6.45) is 0.805. The molecular weight excluding hydrogens is 252 g/mol. The molecule has 0 radical (unpaired) electrons. The lowest BCUT2D eigenvalue weighted by molar-refractivity contribution is 0.590. The monoisotopic (exact) mass is 270 g/mol. The zero-order valence-electron chi connectivity index (χ0n) is 11.8. The lowest BCUT2D eigenvalue weighted by Gasteiger charge is -2.18. The first-order valence-corrected chi connectivity index (χ1v) is 7.28. The smallest absolute Gasteiger partial charge is 0.128 e. The summed E-state index contributed by atoms with van der Waals surface area (Å²) in [7, 11) is 0. The van der Waals surface area contributed by atoms with Crippen molar-refractivity contribution in [2.75, 3.05) is 0 Å². The first-order valence-electron chi connectivity index (χ1n) is 6.46. The first kappa shape index (κ1) is 13.8. The van der Waals surface area contributed by atoms with Crippen molar-refractivity contribution in [3.05, 3.63) is 40.4 Å². The maximum Gasteiger partial charge on any atom is 0.128 e. The summed E-state index contributed by atoms with van der Waals surface area (Å²) in [6, 6.07) is 10.7. The van der Waals surface area contributed by atoms with Crippen LogP contribution < -0.4 is 0 Å². The van der Waals surface area contributed by atoms with Crippen molar-refractivity contribution in [1.29, 1.82) is 5.26 Å². The van der Waals surface area contributed by atoms with Crippen molar-refractivity contribution in [3.8, 4) is 16.6 Å². The van der Waals surface area contributed by atoms with Crippen LogP contribution in [0.2, 0.25) is 0 Å². The minimum Gasteiger partial charge on any atom is -0.240 e. The standard InChI is InChI=1S/C16H18N2S/c1-5-13-14(10-17)19-15(18-13)11-6-8-12(9-7-11)16(2,3)4/h6-9H,5H2,1-4H3. The summed E-state index contributed by atoms with van der Waals surface area (Å²) >= 11 is 1.48. The van der Waals surface area contributed by atoms with E-state index in [2.05, 4.69) is 56.1 Å². The molecule has 1 aromatic heterocycles. The average Bonchev–Trinajstić information content (AvgIpc) is 2.81. The van der Waals surface area contributed by atoms with Crippen LogP contribution in [-0.4, -0.2) is 4.98 Å². The molecule has 0 saturated heterocycles. The van der Waals surface area contributed by atoms with Gasteiger partial charge in [-0.25, -0.2) is 4.98 Å². The Balaban J connectivity index is 2.38. The number of aromatic nitrogens is 1. The van der Waals surface area contributed by atoms with Gasteiger partial charge in [-0.2, -0.15) is 5.26 Å². The summed E-state index contributed by atoms with van der Waals surface area (Å²) in [5, 5.41) is 10.0. The lowest BCUT2D eigenvalue weighted by Crippen LogP contribution is -2.10. The van der Waals surface area contributed by atoms with Gasteiger partial charge in [0.2, 0.25) is 0 Å². The van der Waals surface area contributed by atoms with Gasteiger partial charge >= 0.3 is 0 Å². The zero-order valence-corrected chi connectivity index (χ0v) is 12.6. The summed E-state index contributed by atoms with van der Waals surface area (Å²) in [5.74, 6) is 0. The van der Waals surface area contributed by atoms with Crippen LogP contribution in [0.3, 0.4) is 0 Å². The van der Waals surface area contributed by atoms with Gasteiger partial charge in [0.15, 0.2) is 0 Å². The number of benzene rings is 1. The van der Waals surface area contributed by atoms with Crippen LogP contribution >= 0.6 is 11.3 Å². The topological polar surface area (TPSA) is 36.7 Å². The molecule has 1 aromatic carbocycles. The van der Waals surface area contributed by atoms with Crippen molar-refractivity contribution < 1.29 is 0 Å². The highest BCUT2D eigenvalue weighted by Gasteiger charge is 2.15. The molecule has 0 spiro atoms. The average molecular weight is 270 g/mol. The maximum atomic E-state index is 9.08. The summed E-state index contributed by atoms with van der Waals surface area (Å²) in [5.41, 5.74) is 3.47. The molecule has 0 unspecified atom stereocenters. The van der Waals surface area contributed by atoms with E-state index in [0.717, 1.165) is 27.6 Å². The molecule has 2 nitrogen and oxygen atoms in total. The largest absolute Gasteiger partial charge is 0.240 e. The number of nitrogens with zero attached hydrogens (tertiary/aromatic N) is 2. The van der Waals surface area contributed by atoms with Gasteiger partial charge in [-0.05, 0) is 17.4 Å². The van der Waals surface area contributed by atoms with E-state index in [-0.39, 0.29) is 5.41 Å². The molecule has 0 N–H and O–H groups in total. The second-order valence-corrected chi connectivity index (χ2v) is 6.59. The Bertz CT molecular complexity index is 610. The van der Waals surface area contributed by atoms with E-state index < -0.39 is 0 Å². The van der Waals surface area contributed by atoms with Gasteiger partial charge in [-0.15, -0.1) is 11.3 Å². The van der Waals surface area contributed by atoms with Crippen molar-refractivity contribution in [2.24, 2.45) is 0 Å². The second-order valence-electron chi connectivity index (χ2n) is 5.59. The highest BCUT2D eigenvalue weighted by atomic mass is 32.1. The molecule has 2 rings (SSSR count). The summed E-state index contributed by atoms with van der Waals surface area (Å²) in [4.78, 5) is 5.29. The minimum absolute atomic E-state index is 0.161. The molecular formula is C16H18N2S. The Morgan fingerprint density at radius 3 is 2.26 bits per heavy atom. The lowest BCUT2D eigenvalue weighted by atomic mass is 9.87. The molecule has 3 heteroatoms. The van der Waals surface area contributed by atoms with E-state index in [1.165, 1.54) is 16.9 Å². The van der Waals surface area contributed by atoms with Gasteiger partial charge in [-0.1, -0.05) is 52.0 Å². The van der Waals surface area contributed by atoms with Gasteiger partial charge in [0.1, 0.15) is 16.0 Å². The predicted octanol–water partition coefficient (Wildman–Crippen LogP) is 4.54. The molecule has 0 aliphatic rings. The van der Waals surface area contributed by atoms with Crippen molar-refractivity contribution in [3.63, 3.8) is 0 Å². The fourth-order valence-corrected chi connectivity index (χ4v) is 2.87. The number of nitriles is 1. The normalized spacial score (nSPS) is 11.3. The molecule has 0 aliphatic heterocycles. The number of hydrogen-bond acceptors (Lipinski definition) is 3. The third kappa shape index (κ3) is 2.85. The molecule has 0 atom stereocenters. The van der Waals surface area contributed by atoms with Crippen molar-refractivity contribution in [1.82, 2.24) is 4.98 Å². The fraction of sp³-hybridized carbons (Fsp3) is 0.375. The third-order valence-corrected chi connectivity index (χ3v) is 4.18. The van der Waals surface area contributed by atoms with Gasteiger partial charge in [0.05, 0.1) is 5.69 Å². The number of thiazole rings is 1. The van der Waals surface area contributed by atoms with E-state index in [0.29, 0.717) is 0 Å². The molecule has 98 valence electrons.